The fraction of sp³-hybridized carbons (Fsp3) is 0.333. The Morgan fingerprint density at radius 1 is 1.53 bits per heavy atom. The summed E-state index contributed by atoms with van der Waals surface area (Å²) in [5.41, 5.74) is 1.49. The van der Waals surface area contributed by atoms with Gasteiger partial charge < -0.3 is 14.9 Å². The van der Waals surface area contributed by atoms with E-state index in [0.29, 0.717) is 27.7 Å². The van der Waals surface area contributed by atoms with Crippen molar-refractivity contribution in [3.05, 3.63) is 27.2 Å². The van der Waals surface area contributed by atoms with Crippen molar-refractivity contribution < 1.29 is 9.18 Å². The molecular weight excluding hydrogens is 333 g/mol. The Morgan fingerprint density at radius 2 is 2.32 bits per heavy atom. The van der Waals surface area contributed by atoms with Crippen LogP contribution in [0, 0.1) is 10.6 Å². The first-order valence-corrected chi connectivity index (χ1v) is 7.11. The van der Waals surface area contributed by atoms with Crippen molar-refractivity contribution >= 4 is 45.1 Å². The number of carbonyl (C=O) groups is 1. The molecule has 19 heavy (non-hydrogen) atoms. The largest absolute Gasteiger partial charge is 0.352 e. The highest BCUT2D eigenvalue weighted by Crippen LogP contribution is 2.24. The van der Waals surface area contributed by atoms with Gasteiger partial charge in [-0.05, 0) is 40.6 Å². The van der Waals surface area contributed by atoms with E-state index in [-0.39, 0.29) is 17.8 Å². The smallest absolute Gasteiger partial charge is 0.220 e. The van der Waals surface area contributed by atoms with Crippen LogP contribution < -0.4 is 5.32 Å². The number of hydrogen-bond acceptors (Lipinski definition) is 2. The van der Waals surface area contributed by atoms with E-state index >= 15 is 0 Å². The fourth-order valence-corrected chi connectivity index (χ4v) is 2.99. The van der Waals surface area contributed by atoms with Crippen LogP contribution >= 0.6 is 28.1 Å². The van der Waals surface area contributed by atoms with E-state index in [1.165, 1.54) is 6.07 Å². The van der Waals surface area contributed by atoms with Crippen molar-refractivity contribution in [2.24, 2.45) is 0 Å². The first kappa shape index (κ1) is 12.8. The molecule has 1 aromatic carbocycles. The van der Waals surface area contributed by atoms with Crippen LogP contribution in [-0.4, -0.2) is 21.5 Å². The van der Waals surface area contributed by atoms with E-state index in [2.05, 4.69) is 26.2 Å². The highest BCUT2D eigenvalue weighted by molar-refractivity contribution is 9.10. The first-order chi connectivity index (χ1) is 9.04. The van der Waals surface area contributed by atoms with Crippen LogP contribution in [0.1, 0.15) is 12.8 Å². The van der Waals surface area contributed by atoms with Gasteiger partial charge in [-0.3, -0.25) is 4.79 Å². The van der Waals surface area contributed by atoms with Crippen molar-refractivity contribution in [2.75, 3.05) is 0 Å². The van der Waals surface area contributed by atoms with Gasteiger partial charge in [0.05, 0.1) is 15.5 Å². The second-order valence-corrected chi connectivity index (χ2v) is 5.87. The molecule has 0 spiro atoms. The normalized spacial score (nSPS) is 19.1. The minimum absolute atomic E-state index is 0.0601. The third-order valence-corrected chi connectivity index (χ3v) is 4.23. The van der Waals surface area contributed by atoms with Crippen LogP contribution in [0.15, 0.2) is 16.6 Å². The Kier molecular flexibility index (Phi) is 3.18. The van der Waals surface area contributed by atoms with Crippen LogP contribution in [0.2, 0.25) is 0 Å². The van der Waals surface area contributed by atoms with Crippen molar-refractivity contribution in [2.45, 2.75) is 25.4 Å². The quantitative estimate of drug-likeness (QED) is 0.823. The lowest BCUT2D eigenvalue weighted by Gasteiger charge is -2.11. The van der Waals surface area contributed by atoms with Crippen molar-refractivity contribution in [3.63, 3.8) is 0 Å². The number of carbonyl (C=O) groups excluding carboxylic acids is 1. The number of halogens is 2. The van der Waals surface area contributed by atoms with Crippen LogP contribution in [0.4, 0.5) is 4.39 Å². The number of fused-ring (bicyclic) bond motifs is 1. The summed E-state index contributed by atoms with van der Waals surface area (Å²) in [5.74, 6) is -0.268. The Bertz CT molecular complexity index is 724. The van der Waals surface area contributed by atoms with Crippen molar-refractivity contribution in [3.8, 4) is 0 Å². The van der Waals surface area contributed by atoms with Crippen LogP contribution in [0.25, 0.3) is 11.0 Å². The van der Waals surface area contributed by atoms with Gasteiger partial charge >= 0.3 is 0 Å². The van der Waals surface area contributed by atoms with Crippen molar-refractivity contribution in [1.29, 1.82) is 0 Å². The predicted octanol–water partition coefficient (Wildman–Crippen LogP) is 2.88. The van der Waals surface area contributed by atoms with Gasteiger partial charge in [0.25, 0.3) is 0 Å². The second kappa shape index (κ2) is 4.72. The molecule has 1 amide bonds. The Balaban J connectivity index is 2.03. The maximum atomic E-state index is 13.6. The molecule has 1 unspecified atom stereocenters. The maximum absolute atomic E-state index is 13.6. The molecule has 1 aliphatic heterocycles. The summed E-state index contributed by atoms with van der Waals surface area (Å²) in [4.78, 5) is 14.3. The van der Waals surface area contributed by atoms with Gasteiger partial charge in [-0.15, -0.1) is 0 Å². The van der Waals surface area contributed by atoms with Gasteiger partial charge in [0.2, 0.25) is 5.91 Å². The lowest BCUT2D eigenvalue weighted by molar-refractivity contribution is -0.119. The molecule has 2 N–H and O–H groups in total. The van der Waals surface area contributed by atoms with E-state index in [4.69, 9.17) is 12.2 Å². The van der Waals surface area contributed by atoms with Crippen molar-refractivity contribution in [1.82, 2.24) is 14.9 Å². The van der Waals surface area contributed by atoms with Crippen LogP contribution in [0.3, 0.4) is 0 Å². The molecule has 1 aromatic heterocycles. The lowest BCUT2D eigenvalue weighted by Crippen LogP contribution is -2.29. The van der Waals surface area contributed by atoms with Crippen LogP contribution in [0.5, 0.6) is 0 Å². The number of aromatic amines is 1. The molecular formula is C12H11BrFN3OS. The summed E-state index contributed by atoms with van der Waals surface area (Å²) in [5, 5.41) is 2.89. The van der Waals surface area contributed by atoms with Gasteiger partial charge in [-0.2, -0.15) is 0 Å². The van der Waals surface area contributed by atoms with E-state index < -0.39 is 0 Å². The number of nitrogens with one attached hydrogen (secondary N) is 2. The van der Waals surface area contributed by atoms with Gasteiger partial charge in [0.1, 0.15) is 5.82 Å². The van der Waals surface area contributed by atoms with Crippen LogP contribution in [-0.2, 0) is 11.3 Å². The molecule has 0 aliphatic carbocycles. The zero-order valence-corrected chi connectivity index (χ0v) is 12.3. The van der Waals surface area contributed by atoms with E-state index in [1.54, 1.807) is 6.07 Å². The molecule has 1 saturated heterocycles. The predicted molar refractivity (Wildman–Crippen MR) is 75.9 cm³/mol. The Hall–Kier alpha value is -1.21. The second-order valence-electron chi connectivity index (χ2n) is 4.63. The molecule has 7 heteroatoms. The number of imidazole rings is 1. The topological polar surface area (TPSA) is 49.8 Å². The fourth-order valence-electron chi connectivity index (χ4n) is 2.37. The summed E-state index contributed by atoms with van der Waals surface area (Å²) in [6, 6.07) is 3.18. The molecule has 4 nitrogen and oxygen atoms in total. The molecule has 0 radical (unpaired) electrons. The molecule has 0 saturated carbocycles. The highest BCUT2D eigenvalue weighted by Gasteiger charge is 2.22. The molecule has 100 valence electrons. The number of benzene rings is 1. The highest BCUT2D eigenvalue weighted by atomic mass is 79.9. The molecule has 0 bridgehead atoms. The molecule has 1 fully saturated rings. The standard InChI is InChI=1S/C12H11BrFN3OS/c13-7-3-9-10(4-8(7)14)17(12(19)16-9)5-6-1-2-11(18)15-6/h3-4,6H,1-2,5H2,(H,15,18)(H,16,19). The Morgan fingerprint density at radius 3 is 3.00 bits per heavy atom. The SMILES string of the molecule is O=C1CCC(Cn2c(=S)[nH]c3cc(Br)c(F)cc32)N1. The molecule has 3 rings (SSSR count). The maximum Gasteiger partial charge on any atom is 0.220 e. The Labute approximate surface area is 122 Å². The summed E-state index contributed by atoms with van der Waals surface area (Å²) in [7, 11) is 0. The average Bonchev–Trinajstić information content (AvgIpc) is 2.87. The first-order valence-electron chi connectivity index (χ1n) is 5.91. The number of aromatic nitrogens is 2. The number of rotatable bonds is 2. The number of nitrogens with zero attached hydrogens (tertiary/aromatic N) is 1. The zero-order chi connectivity index (χ0) is 13.6. The van der Waals surface area contributed by atoms with Gasteiger partial charge in [0.15, 0.2) is 4.77 Å². The third kappa shape index (κ3) is 2.32. The third-order valence-electron chi connectivity index (χ3n) is 3.30. The van der Waals surface area contributed by atoms with E-state index in [1.807, 2.05) is 4.57 Å². The van der Waals surface area contributed by atoms with E-state index in [9.17, 15) is 9.18 Å². The zero-order valence-electron chi connectivity index (χ0n) is 9.87. The summed E-state index contributed by atoms with van der Waals surface area (Å²) in [6.07, 6.45) is 1.33. The summed E-state index contributed by atoms with van der Waals surface area (Å²) in [6.45, 7) is 0.561. The van der Waals surface area contributed by atoms with Gasteiger partial charge in [-0.25, -0.2) is 4.39 Å². The summed E-state index contributed by atoms with van der Waals surface area (Å²) >= 11 is 8.41. The lowest BCUT2D eigenvalue weighted by atomic mass is 10.2. The summed E-state index contributed by atoms with van der Waals surface area (Å²) < 4.78 is 16.4. The van der Waals surface area contributed by atoms with E-state index in [0.717, 1.165) is 11.9 Å². The monoisotopic (exact) mass is 343 g/mol. The molecule has 1 atom stereocenters. The molecule has 2 heterocycles. The van der Waals surface area contributed by atoms with Gasteiger partial charge in [-0.1, -0.05) is 0 Å². The average molecular weight is 344 g/mol. The molecule has 1 aliphatic rings. The number of amides is 1. The minimum Gasteiger partial charge on any atom is -0.352 e. The van der Waals surface area contributed by atoms with Gasteiger partial charge in [0, 0.05) is 25.1 Å². The minimum atomic E-state index is -0.328. The number of hydrogen-bond donors (Lipinski definition) is 2. The number of H-pyrrole nitrogens is 1. The molecule has 2 aromatic rings.